The molecule has 0 spiro atoms. The van der Waals surface area contributed by atoms with E-state index < -0.39 is 58.5 Å². The first-order valence-corrected chi connectivity index (χ1v) is 7.50. The Morgan fingerprint density at radius 3 is 1.78 bits per heavy atom. The van der Waals surface area contributed by atoms with Gasteiger partial charge in [-0.2, -0.15) is 26.3 Å². The average molecular weight is 402 g/mol. The molecule has 1 aromatic heterocycles. The second-order valence-corrected chi connectivity index (χ2v) is 5.44. The van der Waals surface area contributed by atoms with Gasteiger partial charge in [0.15, 0.2) is 11.4 Å². The van der Waals surface area contributed by atoms with Crippen LogP contribution in [0.1, 0.15) is 52.9 Å². The van der Waals surface area contributed by atoms with E-state index in [0.717, 1.165) is 7.11 Å². The van der Waals surface area contributed by atoms with Crippen LogP contribution >= 0.6 is 0 Å². The number of ether oxygens (including phenoxy) is 2. The highest BCUT2D eigenvalue weighted by Gasteiger charge is 2.47. The number of aromatic nitrogens is 1. The van der Waals surface area contributed by atoms with Crippen LogP contribution in [0.2, 0.25) is 0 Å². The number of pyridine rings is 1. The summed E-state index contributed by atoms with van der Waals surface area (Å²) in [5.74, 6) is -3.20. The van der Waals surface area contributed by atoms with Crippen LogP contribution in [0, 0.1) is 0 Å². The number of halogens is 6. The smallest absolute Gasteiger partial charge is 0.434 e. The largest absolute Gasteiger partial charge is 0.465 e. The normalized spacial score (nSPS) is 12.1. The van der Waals surface area contributed by atoms with Crippen molar-refractivity contribution in [3.05, 3.63) is 22.5 Å². The van der Waals surface area contributed by atoms with Crippen molar-refractivity contribution in [2.45, 2.75) is 39.2 Å². The molecule has 0 fully saturated rings. The maximum atomic E-state index is 13.4. The number of esters is 2. The van der Waals surface area contributed by atoms with Gasteiger partial charge in [-0.15, -0.1) is 0 Å². The summed E-state index contributed by atoms with van der Waals surface area (Å²) in [6, 6.07) is -0.744. The van der Waals surface area contributed by atoms with Crippen LogP contribution in [0.3, 0.4) is 0 Å². The summed E-state index contributed by atoms with van der Waals surface area (Å²) in [7, 11) is 0.739. The Kier molecular flexibility index (Phi) is 6.68. The third kappa shape index (κ3) is 5.01. The van der Waals surface area contributed by atoms with Crippen molar-refractivity contribution in [3.8, 4) is 0 Å². The molecule has 152 valence electrons. The van der Waals surface area contributed by atoms with E-state index in [1.54, 1.807) is 0 Å². The highest BCUT2D eigenvalue weighted by atomic mass is 19.4. The summed E-state index contributed by atoms with van der Waals surface area (Å²) in [6.07, 6.45) is -10.9. The summed E-state index contributed by atoms with van der Waals surface area (Å²) < 4.78 is 88.9. The number of nitrogens with zero attached hydrogens (tertiary/aromatic N) is 1. The molecule has 0 aliphatic heterocycles. The fourth-order valence-corrected chi connectivity index (χ4v) is 2.13. The van der Waals surface area contributed by atoms with Crippen molar-refractivity contribution >= 4 is 17.6 Å². The summed E-state index contributed by atoms with van der Waals surface area (Å²) in [6.45, 7) is 3.71. The van der Waals surface area contributed by atoms with Crippen molar-refractivity contribution in [3.63, 3.8) is 0 Å². The molecule has 1 heterocycles. The first-order chi connectivity index (χ1) is 12.3. The van der Waals surface area contributed by atoms with Gasteiger partial charge in [-0.25, -0.2) is 14.6 Å². The third-order valence-electron chi connectivity index (χ3n) is 3.04. The topological polar surface area (TPSA) is 77.5 Å². The number of hydrogen-bond acceptors (Lipinski definition) is 6. The predicted octanol–water partition coefficient (Wildman–Crippen LogP) is 3.90. The lowest BCUT2D eigenvalue weighted by Crippen LogP contribution is -2.28. The Morgan fingerprint density at radius 1 is 1.00 bits per heavy atom. The van der Waals surface area contributed by atoms with Crippen molar-refractivity contribution in [1.29, 1.82) is 0 Å². The van der Waals surface area contributed by atoms with Crippen LogP contribution in [0.25, 0.3) is 0 Å². The molecule has 0 saturated carbocycles. The number of anilines is 1. The Morgan fingerprint density at radius 2 is 1.44 bits per heavy atom. The monoisotopic (exact) mass is 402 g/mol. The zero-order chi connectivity index (χ0) is 21.2. The maximum absolute atomic E-state index is 13.4. The van der Waals surface area contributed by atoms with Crippen LogP contribution in [0.15, 0.2) is 0 Å². The molecule has 0 aliphatic rings. The van der Waals surface area contributed by atoms with Crippen LogP contribution in [-0.2, 0) is 21.8 Å². The van der Waals surface area contributed by atoms with E-state index in [2.05, 4.69) is 19.8 Å². The lowest BCUT2D eigenvalue weighted by molar-refractivity contribution is -0.150. The molecule has 12 heteroatoms. The number of carbonyl (C=O) groups excluding carboxylic acids is 2. The lowest BCUT2D eigenvalue weighted by atomic mass is 10.0. The standard InChI is InChI=1S/C15H16F6N2O4/c1-5-27-13(25)8-9(22-6(2)3)7(12(24)26-4)10(14(16,17)18)23-11(8)15(19,20)21/h6H,5H2,1-4H3,(H,22,23). The van der Waals surface area contributed by atoms with Gasteiger partial charge in [0.1, 0.15) is 11.1 Å². The van der Waals surface area contributed by atoms with Crippen molar-refractivity contribution in [1.82, 2.24) is 4.98 Å². The zero-order valence-electron chi connectivity index (χ0n) is 14.6. The molecule has 1 N–H and O–H groups in total. The molecule has 0 bridgehead atoms. The zero-order valence-corrected chi connectivity index (χ0v) is 14.6. The summed E-state index contributed by atoms with van der Waals surface area (Å²) in [5.41, 5.74) is -7.92. The number of hydrogen-bond donors (Lipinski definition) is 1. The molecule has 0 amide bonds. The predicted molar refractivity (Wildman–Crippen MR) is 80.3 cm³/mol. The molecular formula is C15H16F6N2O4. The third-order valence-corrected chi connectivity index (χ3v) is 3.04. The van der Waals surface area contributed by atoms with Gasteiger partial charge in [-0.05, 0) is 20.8 Å². The molecule has 27 heavy (non-hydrogen) atoms. The van der Waals surface area contributed by atoms with E-state index in [1.165, 1.54) is 20.8 Å². The van der Waals surface area contributed by atoms with E-state index >= 15 is 0 Å². The molecule has 6 nitrogen and oxygen atoms in total. The van der Waals surface area contributed by atoms with Gasteiger partial charge in [0.25, 0.3) is 0 Å². The number of rotatable bonds is 5. The molecule has 0 saturated heterocycles. The van der Waals surface area contributed by atoms with Gasteiger partial charge in [-0.3, -0.25) is 0 Å². The Balaban J connectivity index is 4.13. The first kappa shape index (κ1) is 22.5. The summed E-state index contributed by atoms with van der Waals surface area (Å²) in [5, 5.41) is 2.28. The van der Waals surface area contributed by atoms with E-state index in [9.17, 15) is 35.9 Å². The van der Waals surface area contributed by atoms with E-state index in [0.29, 0.717) is 0 Å². The number of methoxy groups -OCH3 is 1. The van der Waals surface area contributed by atoms with Crippen molar-refractivity contribution < 1.29 is 45.4 Å². The highest BCUT2D eigenvalue weighted by molar-refractivity contribution is 6.06. The van der Waals surface area contributed by atoms with Gasteiger partial charge in [0, 0.05) is 6.04 Å². The van der Waals surface area contributed by atoms with Gasteiger partial charge in [0.05, 0.1) is 19.4 Å². The van der Waals surface area contributed by atoms with Crippen LogP contribution < -0.4 is 5.32 Å². The number of carbonyl (C=O) groups is 2. The Labute approximate surface area is 149 Å². The SMILES string of the molecule is CCOC(=O)c1c(C(F)(F)F)nc(C(F)(F)F)c(C(=O)OC)c1NC(C)C. The van der Waals surface area contributed by atoms with Crippen LogP contribution in [0.4, 0.5) is 32.0 Å². The average Bonchev–Trinajstić information content (AvgIpc) is 2.50. The second-order valence-electron chi connectivity index (χ2n) is 5.44. The quantitative estimate of drug-likeness (QED) is 0.595. The van der Waals surface area contributed by atoms with Gasteiger partial charge >= 0.3 is 24.3 Å². The fraction of sp³-hybridized carbons (Fsp3) is 0.533. The van der Waals surface area contributed by atoms with Crippen LogP contribution in [-0.4, -0.2) is 36.7 Å². The lowest BCUT2D eigenvalue weighted by Gasteiger charge is -2.23. The van der Waals surface area contributed by atoms with E-state index in [1.807, 2.05) is 0 Å². The van der Waals surface area contributed by atoms with Crippen LogP contribution in [0.5, 0.6) is 0 Å². The second kappa shape index (κ2) is 8.01. The van der Waals surface area contributed by atoms with Crippen molar-refractivity contribution in [2.24, 2.45) is 0 Å². The molecule has 1 rings (SSSR count). The Bertz CT molecular complexity index is 728. The van der Waals surface area contributed by atoms with E-state index in [-0.39, 0.29) is 6.61 Å². The Hall–Kier alpha value is -2.53. The number of alkyl halides is 6. The maximum Gasteiger partial charge on any atom is 0.434 e. The number of nitrogens with one attached hydrogen (secondary N) is 1. The molecule has 0 atom stereocenters. The first-order valence-electron chi connectivity index (χ1n) is 7.50. The minimum absolute atomic E-state index is 0.355. The summed E-state index contributed by atoms with van der Waals surface area (Å²) >= 11 is 0. The molecular weight excluding hydrogens is 386 g/mol. The fourth-order valence-electron chi connectivity index (χ4n) is 2.13. The van der Waals surface area contributed by atoms with Gasteiger partial charge in [-0.1, -0.05) is 0 Å². The highest BCUT2D eigenvalue weighted by Crippen LogP contribution is 2.42. The molecule has 1 aromatic rings. The van der Waals surface area contributed by atoms with E-state index in [4.69, 9.17) is 0 Å². The molecule has 0 unspecified atom stereocenters. The van der Waals surface area contributed by atoms with Gasteiger partial charge in [0.2, 0.25) is 0 Å². The minimum atomic E-state index is -5.43. The molecule has 0 radical (unpaired) electrons. The van der Waals surface area contributed by atoms with Gasteiger partial charge < -0.3 is 14.8 Å². The molecule has 0 aliphatic carbocycles. The summed E-state index contributed by atoms with van der Waals surface area (Å²) in [4.78, 5) is 26.6. The van der Waals surface area contributed by atoms with Crippen molar-refractivity contribution in [2.75, 3.05) is 19.0 Å². The minimum Gasteiger partial charge on any atom is -0.465 e. The molecule has 0 aromatic carbocycles.